The molecule has 104 valence electrons. The van der Waals surface area contributed by atoms with Crippen LogP contribution < -0.4 is 5.32 Å². The van der Waals surface area contributed by atoms with Crippen LogP contribution in [0.2, 0.25) is 0 Å². The minimum atomic E-state index is 0.00381. The summed E-state index contributed by atoms with van der Waals surface area (Å²) >= 11 is 1.55. The van der Waals surface area contributed by atoms with Gasteiger partial charge in [0, 0.05) is 17.3 Å². The summed E-state index contributed by atoms with van der Waals surface area (Å²) in [6.07, 6.45) is 3.47. The van der Waals surface area contributed by atoms with E-state index in [0.717, 1.165) is 10.5 Å². The molecule has 0 radical (unpaired) electrons. The molecular weight excluding hydrogens is 268 g/mol. The summed E-state index contributed by atoms with van der Waals surface area (Å²) < 4.78 is 0. The average molecular weight is 286 g/mol. The van der Waals surface area contributed by atoms with Gasteiger partial charge in [0.2, 0.25) is 5.91 Å². The summed E-state index contributed by atoms with van der Waals surface area (Å²) in [6, 6.07) is 12.0. The molecule has 1 atom stereocenters. The molecule has 0 fully saturated rings. The minimum Gasteiger partial charge on any atom is -0.349 e. The highest BCUT2D eigenvalue weighted by Crippen LogP contribution is 2.18. The molecule has 0 saturated carbocycles. The van der Waals surface area contributed by atoms with Crippen molar-refractivity contribution in [2.24, 2.45) is 0 Å². The van der Waals surface area contributed by atoms with Crippen LogP contribution in [0.4, 0.5) is 0 Å². The molecule has 0 aliphatic heterocycles. The molecule has 3 nitrogen and oxygen atoms in total. The maximum atomic E-state index is 11.9. The Morgan fingerprint density at radius 2 is 1.85 bits per heavy atom. The van der Waals surface area contributed by atoms with Gasteiger partial charge in [-0.2, -0.15) is 0 Å². The van der Waals surface area contributed by atoms with Gasteiger partial charge in [0.25, 0.3) is 0 Å². The second-order valence-corrected chi connectivity index (χ2v) is 5.72. The Bertz CT molecular complexity index is 554. The zero-order chi connectivity index (χ0) is 14.4. The fourth-order valence-corrected chi connectivity index (χ4v) is 2.51. The van der Waals surface area contributed by atoms with E-state index < -0.39 is 0 Å². The fraction of sp³-hybridized carbons (Fsp3) is 0.250. The number of nitrogens with one attached hydrogen (secondary N) is 1. The molecule has 2 rings (SSSR count). The van der Waals surface area contributed by atoms with Gasteiger partial charge in [0.1, 0.15) is 0 Å². The van der Waals surface area contributed by atoms with Crippen molar-refractivity contribution in [2.75, 3.05) is 5.75 Å². The predicted octanol–water partition coefficient (Wildman–Crippen LogP) is 3.36. The van der Waals surface area contributed by atoms with Crippen molar-refractivity contribution in [2.45, 2.75) is 24.8 Å². The predicted molar refractivity (Wildman–Crippen MR) is 82.7 cm³/mol. The Labute approximate surface area is 123 Å². The van der Waals surface area contributed by atoms with E-state index in [1.54, 1.807) is 24.2 Å². The smallest absolute Gasteiger partial charge is 0.230 e. The highest BCUT2D eigenvalue weighted by Gasteiger charge is 2.09. The quantitative estimate of drug-likeness (QED) is 0.857. The van der Waals surface area contributed by atoms with Gasteiger partial charge in [-0.15, -0.1) is 11.8 Å². The summed E-state index contributed by atoms with van der Waals surface area (Å²) in [7, 11) is 0. The van der Waals surface area contributed by atoms with Gasteiger partial charge in [-0.1, -0.05) is 17.7 Å². The molecule has 20 heavy (non-hydrogen) atoms. The van der Waals surface area contributed by atoms with Crippen molar-refractivity contribution in [3.63, 3.8) is 0 Å². The van der Waals surface area contributed by atoms with Gasteiger partial charge in [-0.05, 0) is 43.7 Å². The van der Waals surface area contributed by atoms with Crippen molar-refractivity contribution in [3.8, 4) is 0 Å². The Morgan fingerprint density at radius 1 is 1.20 bits per heavy atom. The van der Waals surface area contributed by atoms with Gasteiger partial charge in [0.05, 0.1) is 11.8 Å². The van der Waals surface area contributed by atoms with Crippen LogP contribution in [0.25, 0.3) is 0 Å². The first-order valence-corrected chi connectivity index (χ1v) is 7.52. The Balaban J connectivity index is 1.82. The number of pyridine rings is 1. The third-order valence-electron chi connectivity index (χ3n) is 2.97. The molecule has 1 heterocycles. The first-order valence-electron chi connectivity index (χ1n) is 6.54. The molecule has 0 spiro atoms. The second kappa shape index (κ2) is 7.10. The zero-order valence-corrected chi connectivity index (χ0v) is 12.5. The standard InChI is InChI=1S/C16H18N2OS/c1-12-3-5-15(6-4-12)20-11-16(19)18-13(2)14-7-9-17-10-8-14/h3-10,13H,11H2,1-2H3,(H,18,19). The normalized spacial score (nSPS) is 11.9. The van der Waals surface area contributed by atoms with E-state index in [2.05, 4.69) is 29.4 Å². The van der Waals surface area contributed by atoms with Gasteiger partial charge in [0.15, 0.2) is 0 Å². The Kier molecular flexibility index (Phi) is 5.18. The van der Waals surface area contributed by atoms with Crippen LogP contribution in [0.15, 0.2) is 53.7 Å². The number of rotatable bonds is 5. The first kappa shape index (κ1) is 14.6. The lowest BCUT2D eigenvalue weighted by atomic mass is 10.1. The van der Waals surface area contributed by atoms with Gasteiger partial charge >= 0.3 is 0 Å². The van der Waals surface area contributed by atoms with E-state index >= 15 is 0 Å². The monoisotopic (exact) mass is 286 g/mol. The Hall–Kier alpha value is -1.81. The molecule has 0 aliphatic carbocycles. The summed E-state index contributed by atoms with van der Waals surface area (Å²) in [4.78, 5) is 17.0. The van der Waals surface area contributed by atoms with E-state index in [4.69, 9.17) is 0 Å². The third-order valence-corrected chi connectivity index (χ3v) is 3.99. The molecule has 1 N–H and O–H groups in total. The number of aryl methyl sites for hydroxylation is 1. The second-order valence-electron chi connectivity index (χ2n) is 4.67. The van der Waals surface area contributed by atoms with Crippen molar-refractivity contribution in [1.29, 1.82) is 0 Å². The Morgan fingerprint density at radius 3 is 2.50 bits per heavy atom. The highest BCUT2D eigenvalue weighted by molar-refractivity contribution is 8.00. The van der Waals surface area contributed by atoms with Crippen LogP contribution in [-0.2, 0) is 4.79 Å². The summed E-state index contributed by atoms with van der Waals surface area (Å²) in [5.41, 5.74) is 2.29. The summed E-state index contributed by atoms with van der Waals surface area (Å²) in [5, 5.41) is 2.99. The number of carbonyl (C=O) groups is 1. The van der Waals surface area contributed by atoms with Crippen LogP contribution in [0.1, 0.15) is 24.1 Å². The molecule has 2 aromatic rings. The van der Waals surface area contributed by atoms with E-state index in [9.17, 15) is 4.79 Å². The maximum absolute atomic E-state index is 11.9. The van der Waals surface area contributed by atoms with E-state index in [1.807, 2.05) is 31.2 Å². The number of benzene rings is 1. The molecule has 1 aromatic carbocycles. The maximum Gasteiger partial charge on any atom is 0.230 e. The molecule has 1 unspecified atom stereocenters. The van der Waals surface area contributed by atoms with E-state index in [1.165, 1.54) is 5.56 Å². The van der Waals surface area contributed by atoms with Crippen molar-refractivity contribution in [1.82, 2.24) is 10.3 Å². The fourth-order valence-electron chi connectivity index (χ4n) is 1.80. The minimum absolute atomic E-state index is 0.00381. The summed E-state index contributed by atoms with van der Waals surface area (Å²) in [5.74, 6) is 0.471. The number of hydrogen-bond donors (Lipinski definition) is 1. The SMILES string of the molecule is Cc1ccc(SCC(=O)NC(C)c2ccncc2)cc1. The van der Waals surface area contributed by atoms with Crippen LogP contribution in [0.3, 0.4) is 0 Å². The van der Waals surface area contributed by atoms with Crippen LogP contribution in [0.5, 0.6) is 0 Å². The van der Waals surface area contributed by atoms with Crippen LogP contribution in [-0.4, -0.2) is 16.6 Å². The number of thioether (sulfide) groups is 1. The van der Waals surface area contributed by atoms with E-state index in [0.29, 0.717) is 5.75 Å². The molecule has 0 aliphatic rings. The lowest BCUT2D eigenvalue weighted by Crippen LogP contribution is -2.28. The molecule has 0 saturated heterocycles. The highest BCUT2D eigenvalue weighted by atomic mass is 32.2. The molecule has 1 amide bonds. The van der Waals surface area contributed by atoms with Gasteiger partial charge < -0.3 is 5.32 Å². The lowest BCUT2D eigenvalue weighted by molar-refractivity contribution is -0.119. The molecule has 4 heteroatoms. The van der Waals surface area contributed by atoms with Crippen molar-refractivity contribution < 1.29 is 4.79 Å². The van der Waals surface area contributed by atoms with Crippen molar-refractivity contribution >= 4 is 17.7 Å². The largest absolute Gasteiger partial charge is 0.349 e. The number of carbonyl (C=O) groups excluding carboxylic acids is 1. The number of amides is 1. The molecule has 1 aromatic heterocycles. The topological polar surface area (TPSA) is 42.0 Å². The first-order chi connectivity index (χ1) is 9.65. The van der Waals surface area contributed by atoms with E-state index in [-0.39, 0.29) is 11.9 Å². The molecular formula is C16H18N2OS. The van der Waals surface area contributed by atoms with Crippen LogP contribution in [0, 0.1) is 6.92 Å². The summed E-state index contributed by atoms with van der Waals surface area (Å²) in [6.45, 7) is 4.03. The number of hydrogen-bond acceptors (Lipinski definition) is 3. The average Bonchev–Trinajstić information content (AvgIpc) is 2.47. The van der Waals surface area contributed by atoms with Crippen LogP contribution >= 0.6 is 11.8 Å². The van der Waals surface area contributed by atoms with Crippen molar-refractivity contribution in [3.05, 3.63) is 59.9 Å². The van der Waals surface area contributed by atoms with Gasteiger partial charge in [-0.3, -0.25) is 9.78 Å². The lowest BCUT2D eigenvalue weighted by Gasteiger charge is -2.13. The zero-order valence-electron chi connectivity index (χ0n) is 11.7. The number of aromatic nitrogens is 1. The number of nitrogens with zero attached hydrogens (tertiary/aromatic N) is 1. The third kappa shape index (κ3) is 4.38. The molecule has 0 bridgehead atoms. The van der Waals surface area contributed by atoms with Gasteiger partial charge in [-0.25, -0.2) is 0 Å².